The van der Waals surface area contributed by atoms with Crippen LogP contribution in [0.5, 0.6) is 11.6 Å². The second kappa shape index (κ2) is 6.88. The fourth-order valence-electron chi connectivity index (χ4n) is 2.55. The standard InChI is InChI=1S/C18H19FN4O2/c1-11-7-16(20-21-18(11)24-4)14-8-13(5-6-15(14)19)25-10-17-12(2)9-23(3)22-17/h5-9H,10H2,1-4H3. The molecule has 25 heavy (non-hydrogen) atoms. The number of aryl methyl sites for hydroxylation is 3. The second-order valence-corrected chi connectivity index (χ2v) is 5.78. The predicted molar refractivity (Wildman–Crippen MR) is 91.0 cm³/mol. The van der Waals surface area contributed by atoms with Crippen LogP contribution in [0.1, 0.15) is 16.8 Å². The molecule has 0 radical (unpaired) electrons. The van der Waals surface area contributed by atoms with Gasteiger partial charge in [-0.2, -0.15) is 5.10 Å². The smallest absolute Gasteiger partial charge is 0.236 e. The Morgan fingerprint density at radius 2 is 1.92 bits per heavy atom. The Bertz CT molecular complexity index is 908. The zero-order valence-electron chi connectivity index (χ0n) is 14.6. The van der Waals surface area contributed by atoms with E-state index < -0.39 is 0 Å². The molecule has 0 aliphatic carbocycles. The van der Waals surface area contributed by atoms with Crippen LogP contribution in [0.2, 0.25) is 0 Å². The van der Waals surface area contributed by atoms with Crippen molar-refractivity contribution in [3.63, 3.8) is 0 Å². The lowest BCUT2D eigenvalue weighted by molar-refractivity contribution is 0.299. The summed E-state index contributed by atoms with van der Waals surface area (Å²) >= 11 is 0. The van der Waals surface area contributed by atoms with Crippen molar-refractivity contribution < 1.29 is 13.9 Å². The lowest BCUT2D eigenvalue weighted by Gasteiger charge is -2.09. The lowest BCUT2D eigenvalue weighted by atomic mass is 10.1. The van der Waals surface area contributed by atoms with E-state index in [0.717, 1.165) is 16.8 Å². The highest BCUT2D eigenvalue weighted by molar-refractivity contribution is 5.62. The maximum absolute atomic E-state index is 14.2. The van der Waals surface area contributed by atoms with Crippen molar-refractivity contribution in [2.24, 2.45) is 7.05 Å². The molecule has 2 aromatic heterocycles. The fraction of sp³-hybridized carbons (Fsp3) is 0.278. The number of benzene rings is 1. The van der Waals surface area contributed by atoms with Gasteiger partial charge < -0.3 is 9.47 Å². The molecule has 3 rings (SSSR count). The molecule has 7 heteroatoms. The molecule has 0 saturated carbocycles. The van der Waals surface area contributed by atoms with E-state index in [1.54, 1.807) is 22.9 Å². The lowest BCUT2D eigenvalue weighted by Crippen LogP contribution is -2.00. The van der Waals surface area contributed by atoms with Crippen LogP contribution in [-0.4, -0.2) is 27.1 Å². The predicted octanol–water partition coefficient (Wildman–Crippen LogP) is 3.22. The number of hydrogen-bond donors (Lipinski definition) is 0. The Hall–Kier alpha value is -2.96. The van der Waals surface area contributed by atoms with Gasteiger partial charge in [0.25, 0.3) is 0 Å². The summed E-state index contributed by atoms with van der Waals surface area (Å²) in [6, 6.07) is 6.29. The van der Waals surface area contributed by atoms with E-state index >= 15 is 0 Å². The third-order valence-corrected chi connectivity index (χ3v) is 3.84. The summed E-state index contributed by atoms with van der Waals surface area (Å²) in [4.78, 5) is 0. The normalized spacial score (nSPS) is 10.8. The van der Waals surface area contributed by atoms with Crippen molar-refractivity contribution in [3.05, 3.63) is 53.1 Å². The molecule has 0 aliphatic heterocycles. The third kappa shape index (κ3) is 3.60. The van der Waals surface area contributed by atoms with Crippen molar-refractivity contribution >= 4 is 0 Å². The van der Waals surface area contributed by atoms with Gasteiger partial charge in [0.1, 0.15) is 23.9 Å². The zero-order chi connectivity index (χ0) is 18.0. The van der Waals surface area contributed by atoms with E-state index in [2.05, 4.69) is 15.3 Å². The monoisotopic (exact) mass is 342 g/mol. The maximum atomic E-state index is 14.2. The van der Waals surface area contributed by atoms with Crippen molar-refractivity contribution in [3.8, 4) is 22.9 Å². The molecule has 1 aromatic carbocycles. The molecule has 6 nitrogen and oxygen atoms in total. The maximum Gasteiger partial charge on any atom is 0.236 e. The highest BCUT2D eigenvalue weighted by atomic mass is 19.1. The zero-order valence-corrected chi connectivity index (χ0v) is 14.6. The van der Waals surface area contributed by atoms with Gasteiger partial charge in [-0.15, -0.1) is 10.2 Å². The van der Waals surface area contributed by atoms with Crippen LogP contribution in [0, 0.1) is 19.7 Å². The summed E-state index contributed by atoms with van der Waals surface area (Å²) < 4.78 is 26.8. The SMILES string of the molecule is COc1nnc(-c2cc(OCc3nn(C)cc3C)ccc2F)cc1C. The molecule has 0 N–H and O–H groups in total. The minimum atomic E-state index is -0.389. The van der Waals surface area contributed by atoms with Gasteiger partial charge >= 0.3 is 0 Å². The van der Waals surface area contributed by atoms with E-state index in [0.29, 0.717) is 29.5 Å². The number of hydrogen-bond acceptors (Lipinski definition) is 5. The first-order chi connectivity index (χ1) is 12.0. The van der Waals surface area contributed by atoms with E-state index in [9.17, 15) is 4.39 Å². The number of ether oxygens (including phenoxy) is 2. The van der Waals surface area contributed by atoms with Gasteiger partial charge in [-0.25, -0.2) is 4.39 Å². The van der Waals surface area contributed by atoms with Crippen LogP contribution >= 0.6 is 0 Å². The van der Waals surface area contributed by atoms with E-state index in [-0.39, 0.29) is 5.82 Å². The molecule has 2 heterocycles. The average molecular weight is 342 g/mol. The minimum Gasteiger partial charge on any atom is -0.487 e. The topological polar surface area (TPSA) is 62.1 Å². The van der Waals surface area contributed by atoms with E-state index in [1.807, 2.05) is 27.1 Å². The summed E-state index contributed by atoms with van der Waals surface area (Å²) in [5, 5.41) is 12.3. The van der Waals surface area contributed by atoms with Crippen LogP contribution in [-0.2, 0) is 13.7 Å². The molecule has 3 aromatic rings. The van der Waals surface area contributed by atoms with E-state index in [1.165, 1.54) is 13.2 Å². The van der Waals surface area contributed by atoms with E-state index in [4.69, 9.17) is 9.47 Å². The van der Waals surface area contributed by atoms with Crippen molar-refractivity contribution in [2.75, 3.05) is 7.11 Å². The number of aromatic nitrogens is 4. The molecule has 0 aliphatic rings. The summed E-state index contributed by atoms with van der Waals surface area (Å²) in [7, 11) is 3.38. The Morgan fingerprint density at radius 1 is 1.12 bits per heavy atom. The van der Waals surface area contributed by atoms with Crippen LogP contribution in [0.4, 0.5) is 4.39 Å². The van der Waals surface area contributed by atoms with Gasteiger partial charge in [-0.3, -0.25) is 4.68 Å². The molecular formula is C18H19FN4O2. The number of methoxy groups -OCH3 is 1. The number of nitrogens with zero attached hydrogens (tertiary/aromatic N) is 4. The van der Waals surface area contributed by atoms with Crippen molar-refractivity contribution in [1.29, 1.82) is 0 Å². The van der Waals surface area contributed by atoms with Crippen LogP contribution in [0.3, 0.4) is 0 Å². The van der Waals surface area contributed by atoms with Gasteiger partial charge in [0.05, 0.1) is 12.8 Å². The first-order valence-electron chi connectivity index (χ1n) is 7.78. The van der Waals surface area contributed by atoms with Crippen LogP contribution in [0.25, 0.3) is 11.3 Å². The Kier molecular flexibility index (Phi) is 4.65. The first-order valence-corrected chi connectivity index (χ1v) is 7.78. The van der Waals surface area contributed by atoms with Gasteiger partial charge in [0.2, 0.25) is 5.88 Å². The molecule has 0 bridgehead atoms. The minimum absolute atomic E-state index is 0.311. The first kappa shape index (κ1) is 16.9. The largest absolute Gasteiger partial charge is 0.487 e. The van der Waals surface area contributed by atoms with Gasteiger partial charge in [-0.05, 0) is 43.7 Å². The molecular weight excluding hydrogens is 323 g/mol. The molecule has 130 valence electrons. The summed E-state index contributed by atoms with van der Waals surface area (Å²) in [6.45, 7) is 4.11. The highest BCUT2D eigenvalue weighted by Gasteiger charge is 2.12. The Morgan fingerprint density at radius 3 is 2.56 bits per heavy atom. The Balaban J connectivity index is 1.85. The van der Waals surface area contributed by atoms with Gasteiger partial charge in [0.15, 0.2) is 0 Å². The quantitative estimate of drug-likeness (QED) is 0.712. The van der Waals surface area contributed by atoms with Crippen molar-refractivity contribution in [1.82, 2.24) is 20.0 Å². The van der Waals surface area contributed by atoms with Gasteiger partial charge in [-0.1, -0.05) is 0 Å². The van der Waals surface area contributed by atoms with Gasteiger partial charge in [0, 0.05) is 24.4 Å². The van der Waals surface area contributed by atoms with Crippen molar-refractivity contribution in [2.45, 2.75) is 20.5 Å². The average Bonchev–Trinajstić information content (AvgIpc) is 2.91. The molecule has 0 saturated heterocycles. The molecule has 0 spiro atoms. The summed E-state index contributed by atoms with van der Waals surface area (Å²) in [5.74, 6) is 0.569. The molecule has 0 amide bonds. The Labute approximate surface area is 145 Å². The third-order valence-electron chi connectivity index (χ3n) is 3.84. The number of rotatable bonds is 5. The molecule has 0 fully saturated rings. The second-order valence-electron chi connectivity index (χ2n) is 5.78. The van der Waals surface area contributed by atoms with Crippen LogP contribution in [0.15, 0.2) is 30.5 Å². The highest BCUT2D eigenvalue weighted by Crippen LogP contribution is 2.28. The summed E-state index contributed by atoms with van der Waals surface area (Å²) in [5.41, 5.74) is 3.42. The van der Waals surface area contributed by atoms with Crippen LogP contribution < -0.4 is 9.47 Å². The molecule has 0 unspecified atom stereocenters. The number of halogens is 1. The summed E-state index contributed by atoms with van der Waals surface area (Å²) in [6.07, 6.45) is 1.92. The fourth-order valence-corrected chi connectivity index (χ4v) is 2.55. The molecule has 0 atom stereocenters.